The van der Waals surface area contributed by atoms with Gasteiger partial charge in [0.05, 0.1) is 5.69 Å². The predicted molar refractivity (Wildman–Crippen MR) is 92.6 cm³/mol. The Labute approximate surface area is 131 Å². The van der Waals surface area contributed by atoms with Crippen molar-refractivity contribution in [3.8, 4) is 11.1 Å². The fraction of sp³-hybridized carbons (Fsp3) is 0.143. The summed E-state index contributed by atoms with van der Waals surface area (Å²) in [6, 6.07) is 26.4. The first-order valence-electron chi connectivity index (χ1n) is 7.64. The molecule has 1 radical (unpaired) electrons. The van der Waals surface area contributed by atoms with E-state index in [0.717, 1.165) is 0 Å². The Morgan fingerprint density at radius 1 is 0.818 bits per heavy atom. The van der Waals surface area contributed by atoms with Crippen LogP contribution in [0.5, 0.6) is 0 Å². The molecule has 4 rings (SSSR count). The van der Waals surface area contributed by atoms with E-state index in [1.807, 2.05) is 12.1 Å². The SMILES string of the molecule is CC1(C)c2ccccc2Nc2c(-c3cc[c]cc3)cccc21. The zero-order chi connectivity index (χ0) is 15.2. The number of hydrogen-bond donors (Lipinski definition) is 1. The van der Waals surface area contributed by atoms with E-state index in [1.165, 1.54) is 33.6 Å². The van der Waals surface area contributed by atoms with Gasteiger partial charge in [0.15, 0.2) is 0 Å². The van der Waals surface area contributed by atoms with Crippen molar-refractivity contribution >= 4 is 11.4 Å². The molecule has 107 valence electrons. The van der Waals surface area contributed by atoms with Gasteiger partial charge in [-0.05, 0) is 28.8 Å². The lowest BCUT2D eigenvalue weighted by molar-refractivity contribution is 0.638. The molecule has 0 aliphatic carbocycles. The molecule has 0 bridgehead atoms. The monoisotopic (exact) mass is 284 g/mol. The van der Waals surface area contributed by atoms with Crippen molar-refractivity contribution in [1.82, 2.24) is 0 Å². The number of para-hydroxylation sites is 2. The average Bonchev–Trinajstić information content (AvgIpc) is 2.55. The Morgan fingerprint density at radius 3 is 2.36 bits per heavy atom. The van der Waals surface area contributed by atoms with Crippen molar-refractivity contribution in [3.05, 3.63) is 83.9 Å². The maximum atomic E-state index is 3.65. The lowest BCUT2D eigenvalue weighted by Gasteiger charge is -2.36. The third kappa shape index (κ3) is 1.86. The van der Waals surface area contributed by atoms with E-state index >= 15 is 0 Å². The molecule has 1 aliphatic heterocycles. The van der Waals surface area contributed by atoms with Crippen LogP contribution >= 0.6 is 0 Å². The Balaban J connectivity index is 1.97. The van der Waals surface area contributed by atoms with Crippen LogP contribution < -0.4 is 5.32 Å². The Hall–Kier alpha value is -2.54. The van der Waals surface area contributed by atoms with Crippen LogP contribution in [0, 0.1) is 6.07 Å². The van der Waals surface area contributed by atoms with Crippen LogP contribution in [0.25, 0.3) is 11.1 Å². The molecule has 3 aromatic carbocycles. The number of anilines is 2. The average molecular weight is 284 g/mol. The highest BCUT2D eigenvalue weighted by molar-refractivity contribution is 5.88. The lowest BCUT2D eigenvalue weighted by atomic mass is 9.73. The van der Waals surface area contributed by atoms with Crippen molar-refractivity contribution in [2.45, 2.75) is 19.3 Å². The molecule has 0 saturated heterocycles. The quantitative estimate of drug-likeness (QED) is 0.619. The molecule has 0 atom stereocenters. The molecule has 22 heavy (non-hydrogen) atoms. The number of nitrogens with one attached hydrogen (secondary N) is 1. The zero-order valence-corrected chi connectivity index (χ0v) is 12.9. The van der Waals surface area contributed by atoms with Gasteiger partial charge in [0.1, 0.15) is 0 Å². The molecule has 0 saturated carbocycles. The van der Waals surface area contributed by atoms with E-state index in [0.29, 0.717) is 0 Å². The van der Waals surface area contributed by atoms with Crippen LogP contribution in [0.1, 0.15) is 25.0 Å². The van der Waals surface area contributed by atoms with E-state index in [4.69, 9.17) is 0 Å². The highest BCUT2D eigenvalue weighted by atomic mass is 14.9. The summed E-state index contributed by atoms with van der Waals surface area (Å²) in [5.74, 6) is 0. The molecule has 1 nitrogen and oxygen atoms in total. The molecule has 1 aliphatic rings. The lowest BCUT2D eigenvalue weighted by Crippen LogP contribution is -2.26. The molecular weight excluding hydrogens is 266 g/mol. The fourth-order valence-corrected chi connectivity index (χ4v) is 3.43. The van der Waals surface area contributed by atoms with Gasteiger partial charge in [-0.25, -0.2) is 0 Å². The van der Waals surface area contributed by atoms with E-state index in [-0.39, 0.29) is 5.41 Å². The summed E-state index contributed by atoms with van der Waals surface area (Å²) in [4.78, 5) is 0. The summed E-state index contributed by atoms with van der Waals surface area (Å²) in [5.41, 5.74) is 7.57. The molecule has 1 N–H and O–H groups in total. The van der Waals surface area contributed by atoms with Gasteiger partial charge in [-0.3, -0.25) is 0 Å². The summed E-state index contributed by atoms with van der Waals surface area (Å²) >= 11 is 0. The van der Waals surface area contributed by atoms with E-state index in [2.05, 4.69) is 79.8 Å². The van der Waals surface area contributed by atoms with Gasteiger partial charge in [0.2, 0.25) is 0 Å². The van der Waals surface area contributed by atoms with Crippen molar-refractivity contribution < 1.29 is 0 Å². The highest BCUT2D eigenvalue weighted by Crippen LogP contribution is 2.48. The molecule has 1 heterocycles. The number of benzene rings is 3. The molecule has 0 aromatic heterocycles. The van der Waals surface area contributed by atoms with Gasteiger partial charge in [0, 0.05) is 16.7 Å². The third-order valence-electron chi connectivity index (χ3n) is 4.63. The van der Waals surface area contributed by atoms with E-state index < -0.39 is 0 Å². The summed E-state index contributed by atoms with van der Waals surface area (Å²) in [7, 11) is 0. The second-order valence-electron chi connectivity index (χ2n) is 6.31. The molecule has 0 unspecified atom stereocenters. The molecule has 0 fully saturated rings. The Kier molecular flexibility index (Phi) is 2.83. The third-order valence-corrected chi connectivity index (χ3v) is 4.63. The van der Waals surface area contributed by atoms with Crippen LogP contribution in [0.4, 0.5) is 11.4 Å². The van der Waals surface area contributed by atoms with Gasteiger partial charge >= 0.3 is 0 Å². The minimum absolute atomic E-state index is 0.00586. The first-order valence-corrected chi connectivity index (χ1v) is 7.64. The summed E-state index contributed by atoms with van der Waals surface area (Å²) < 4.78 is 0. The second kappa shape index (κ2) is 4.74. The largest absolute Gasteiger partial charge is 0.355 e. The molecular formula is C21H18N. The molecule has 0 spiro atoms. The number of hydrogen-bond acceptors (Lipinski definition) is 1. The number of rotatable bonds is 1. The first-order chi connectivity index (χ1) is 10.7. The van der Waals surface area contributed by atoms with Gasteiger partial charge < -0.3 is 5.32 Å². The van der Waals surface area contributed by atoms with Crippen LogP contribution in [0.3, 0.4) is 0 Å². The number of fused-ring (bicyclic) bond motifs is 2. The fourth-order valence-electron chi connectivity index (χ4n) is 3.43. The van der Waals surface area contributed by atoms with Gasteiger partial charge in [-0.15, -0.1) is 0 Å². The van der Waals surface area contributed by atoms with Crippen LogP contribution in [0.2, 0.25) is 0 Å². The van der Waals surface area contributed by atoms with E-state index in [9.17, 15) is 0 Å². The maximum Gasteiger partial charge on any atom is 0.0505 e. The summed E-state index contributed by atoms with van der Waals surface area (Å²) in [5, 5.41) is 3.65. The summed E-state index contributed by atoms with van der Waals surface area (Å²) in [6.07, 6.45) is 0. The standard InChI is InChI=1S/C21H18N/c1-21(2)17-12-6-7-14-19(17)22-20-16(11-8-13-18(20)21)15-9-4-3-5-10-15/h4-14,22H,1-2H3. The smallest absolute Gasteiger partial charge is 0.0505 e. The van der Waals surface area contributed by atoms with Crippen LogP contribution in [0.15, 0.2) is 66.7 Å². The molecule has 1 heteroatoms. The van der Waals surface area contributed by atoms with Gasteiger partial charge in [-0.1, -0.05) is 74.5 Å². The topological polar surface area (TPSA) is 12.0 Å². The van der Waals surface area contributed by atoms with Crippen molar-refractivity contribution in [2.24, 2.45) is 0 Å². The highest BCUT2D eigenvalue weighted by Gasteiger charge is 2.33. The van der Waals surface area contributed by atoms with Crippen LogP contribution in [-0.2, 0) is 5.41 Å². The van der Waals surface area contributed by atoms with Gasteiger partial charge in [-0.2, -0.15) is 0 Å². The minimum Gasteiger partial charge on any atom is -0.355 e. The predicted octanol–water partition coefficient (Wildman–Crippen LogP) is 5.54. The van der Waals surface area contributed by atoms with Crippen molar-refractivity contribution in [3.63, 3.8) is 0 Å². The van der Waals surface area contributed by atoms with Crippen molar-refractivity contribution in [1.29, 1.82) is 0 Å². The molecule has 3 aromatic rings. The normalized spacial score (nSPS) is 14.6. The zero-order valence-electron chi connectivity index (χ0n) is 12.9. The van der Waals surface area contributed by atoms with Gasteiger partial charge in [0.25, 0.3) is 0 Å². The Morgan fingerprint density at radius 2 is 1.55 bits per heavy atom. The first kappa shape index (κ1) is 13.1. The van der Waals surface area contributed by atoms with Crippen molar-refractivity contribution in [2.75, 3.05) is 5.32 Å². The van der Waals surface area contributed by atoms with Crippen LogP contribution in [-0.4, -0.2) is 0 Å². The summed E-state index contributed by atoms with van der Waals surface area (Å²) in [6.45, 7) is 4.60. The maximum absolute atomic E-state index is 3.65. The minimum atomic E-state index is -0.00586. The molecule has 0 amide bonds. The Bertz CT molecular complexity index is 832. The second-order valence-corrected chi connectivity index (χ2v) is 6.31. The van der Waals surface area contributed by atoms with E-state index in [1.54, 1.807) is 0 Å².